The van der Waals surface area contributed by atoms with Crippen LogP contribution in [-0.2, 0) is 9.59 Å². The summed E-state index contributed by atoms with van der Waals surface area (Å²) < 4.78 is 0. The summed E-state index contributed by atoms with van der Waals surface area (Å²) in [4.78, 5) is 50.2. The standard InChI is InChI=1S/C22H28N4O3.CH2O2/c1-26-15(11-20(27)24-14-5-4-6-14)9-10-16(26)13-23-22(29)18-12-21(28)25-19-8-3-2-7-17(18)19;2-1-3/h2-3,7-8,12,14-16H,4-6,9-11,13H2,1H3,(H,23,29)(H,24,27)(H,25,28);1H,(H,2,3)/t15-,16+;/m1./s1. The number of H-pyrrole nitrogens is 1. The van der Waals surface area contributed by atoms with Gasteiger partial charge in [-0.3, -0.25) is 24.1 Å². The van der Waals surface area contributed by atoms with E-state index in [4.69, 9.17) is 9.90 Å². The molecule has 172 valence electrons. The number of hydrogen-bond donors (Lipinski definition) is 4. The van der Waals surface area contributed by atoms with Gasteiger partial charge in [0.2, 0.25) is 11.5 Å². The smallest absolute Gasteiger partial charge is 0.290 e. The maximum atomic E-state index is 12.7. The molecule has 2 fully saturated rings. The van der Waals surface area contributed by atoms with E-state index in [0.29, 0.717) is 30.1 Å². The van der Waals surface area contributed by atoms with Crippen LogP contribution >= 0.6 is 0 Å². The molecule has 9 heteroatoms. The van der Waals surface area contributed by atoms with Gasteiger partial charge in [0.25, 0.3) is 12.4 Å². The minimum absolute atomic E-state index is 0.131. The number of hydrogen-bond acceptors (Lipinski definition) is 5. The lowest BCUT2D eigenvalue weighted by atomic mass is 9.93. The van der Waals surface area contributed by atoms with Gasteiger partial charge in [-0.25, -0.2) is 0 Å². The third kappa shape index (κ3) is 5.73. The number of aromatic nitrogens is 1. The van der Waals surface area contributed by atoms with Crippen LogP contribution in [0.4, 0.5) is 0 Å². The van der Waals surface area contributed by atoms with Crippen molar-refractivity contribution in [3.05, 3.63) is 46.2 Å². The maximum Gasteiger partial charge on any atom is 0.290 e. The Hall–Kier alpha value is -3.20. The molecule has 1 saturated carbocycles. The van der Waals surface area contributed by atoms with Gasteiger partial charge >= 0.3 is 0 Å². The van der Waals surface area contributed by atoms with Gasteiger partial charge in [-0.05, 0) is 45.2 Å². The van der Waals surface area contributed by atoms with Crippen LogP contribution in [0.2, 0.25) is 0 Å². The molecule has 2 amide bonds. The fraction of sp³-hybridized carbons (Fsp3) is 0.478. The summed E-state index contributed by atoms with van der Waals surface area (Å²) in [5.74, 6) is -0.113. The number of likely N-dealkylation sites (tertiary alicyclic amines) is 1. The molecule has 1 aliphatic carbocycles. The molecule has 0 unspecified atom stereocenters. The van der Waals surface area contributed by atoms with E-state index >= 15 is 0 Å². The molecule has 0 bridgehead atoms. The van der Waals surface area contributed by atoms with Crippen LogP contribution in [0, 0.1) is 0 Å². The third-order valence-corrected chi connectivity index (χ3v) is 6.37. The van der Waals surface area contributed by atoms with E-state index in [2.05, 4.69) is 20.5 Å². The van der Waals surface area contributed by atoms with Gasteiger partial charge in [-0.15, -0.1) is 0 Å². The summed E-state index contributed by atoms with van der Waals surface area (Å²) in [6, 6.07) is 9.41. The monoisotopic (exact) mass is 442 g/mol. The average molecular weight is 443 g/mol. The molecule has 2 atom stereocenters. The number of carbonyl (C=O) groups is 3. The lowest BCUT2D eigenvalue weighted by Crippen LogP contribution is -2.44. The predicted molar refractivity (Wildman–Crippen MR) is 121 cm³/mol. The van der Waals surface area contributed by atoms with Gasteiger partial charge < -0.3 is 20.7 Å². The quantitative estimate of drug-likeness (QED) is 0.501. The SMILES string of the molecule is CN1[C@@H](CC(=O)NC2CCC2)CC[C@H]1CNC(=O)c1cc(=O)[nH]c2ccccc12.O=CO. The minimum Gasteiger partial charge on any atom is -0.483 e. The molecule has 1 aliphatic heterocycles. The fourth-order valence-corrected chi connectivity index (χ4v) is 4.33. The number of amides is 2. The molecule has 32 heavy (non-hydrogen) atoms. The molecule has 1 aromatic heterocycles. The van der Waals surface area contributed by atoms with Crippen molar-refractivity contribution in [1.82, 2.24) is 20.5 Å². The van der Waals surface area contributed by atoms with E-state index in [1.54, 1.807) is 6.07 Å². The number of para-hydroxylation sites is 1. The van der Waals surface area contributed by atoms with Gasteiger partial charge in [0.1, 0.15) is 0 Å². The van der Waals surface area contributed by atoms with Crippen molar-refractivity contribution in [1.29, 1.82) is 0 Å². The molecular formula is C23H30N4O5. The predicted octanol–water partition coefficient (Wildman–Crippen LogP) is 1.48. The molecular weight excluding hydrogens is 412 g/mol. The third-order valence-electron chi connectivity index (χ3n) is 6.37. The average Bonchev–Trinajstić information content (AvgIpc) is 3.08. The number of carboxylic acid groups (broad SMARTS) is 1. The number of nitrogens with one attached hydrogen (secondary N) is 3. The Balaban J connectivity index is 0.000000913. The summed E-state index contributed by atoms with van der Waals surface area (Å²) in [7, 11) is 2.02. The Morgan fingerprint density at radius 1 is 1.19 bits per heavy atom. The molecule has 1 saturated heterocycles. The van der Waals surface area contributed by atoms with Crippen molar-refractivity contribution in [2.75, 3.05) is 13.6 Å². The van der Waals surface area contributed by atoms with Crippen molar-refractivity contribution in [2.45, 2.75) is 56.7 Å². The summed E-state index contributed by atoms with van der Waals surface area (Å²) >= 11 is 0. The Labute approximate surface area is 186 Å². The Morgan fingerprint density at radius 2 is 1.88 bits per heavy atom. The van der Waals surface area contributed by atoms with Crippen molar-refractivity contribution >= 4 is 29.2 Å². The molecule has 2 aromatic rings. The maximum absolute atomic E-state index is 12.7. The number of carbonyl (C=O) groups excluding carboxylic acids is 2. The zero-order chi connectivity index (χ0) is 23.1. The van der Waals surface area contributed by atoms with E-state index < -0.39 is 0 Å². The molecule has 9 nitrogen and oxygen atoms in total. The van der Waals surface area contributed by atoms with Crippen LogP contribution in [0.15, 0.2) is 35.1 Å². The first-order valence-corrected chi connectivity index (χ1v) is 10.9. The highest BCUT2D eigenvalue weighted by Crippen LogP contribution is 2.25. The van der Waals surface area contributed by atoms with Crippen molar-refractivity contribution < 1.29 is 19.5 Å². The molecule has 1 aromatic carbocycles. The van der Waals surface area contributed by atoms with Crippen molar-refractivity contribution in [2.24, 2.45) is 0 Å². The summed E-state index contributed by atoms with van der Waals surface area (Å²) in [6.45, 7) is 0.247. The van der Waals surface area contributed by atoms with E-state index in [9.17, 15) is 14.4 Å². The number of benzene rings is 1. The van der Waals surface area contributed by atoms with E-state index in [-0.39, 0.29) is 35.9 Å². The highest BCUT2D eigenvalue weighted by molar-refractivity contribution is 6.05. The number of nitrogens with zero attached hydrogens (tertiary/aromatic N) is 1. The van der Waals surface area contributed by atoms with Gasteiger partial charge in [0.15, 0.2) is 0 Å². The first-order valence-electron chi connectivity index (χ1n) is 10.9. The number of likely N-dealkylation sites (N-methyl/N-ethyl adjacent to an activating group) is 1. The highest BCUT2D eigenvalue weighted by Gasteiger charge is 2.32. The number of aromatic amines is 1. The second-order valence-electron chi connectivity index (χ2n) is 8.36. The lowest BCUT2D eigenvalue weighted by molar-refractivity contribution is -0.124. The van der Waals surface area contributed by atoms with Crippen molar-refractivity contribution in [3.8, 4) is 0 Å². The highest BCUT2D eigenvalue weighted by atomic mass is 16.3. The van der Waals surface area contributed by atoms with Crippen LogP contribution in [0.5, 0.6) is 0 Å². The first kappa shape index (κ1) is 23.5. The van der Waals surface area contributed by atoms with E-state index in [1.165, 1.54) is 12.5 Å². The topological polar surface area (TPSA) is 132 Å². The molecule has 0 radical (unpaired) electrons. The Morgan fingerprint density at radius 3 is 2.56 bits per heavy atom. The zero-order valence-corrected chi connectivity index (χ0v) is 18.2. The summed E-state index contributed by atoms with van der Waals surface area (Å²) in [6.07, 6.45) is 5.79. The Bertz CT molecular complexity index is 1020. The number of fused-ring (bicyclic) bond motifs is 1. The minimum atomic E-state index is -0.288. The largest absolute Gasteiger partial charge is 0.483 e. The molecule has 2 heterocycles. The van der Waals surface area contributed by atoms with Crippen molar-refractivity contribution in [3.63, 3.8) is 0 Å². The number of pyridine rings is 1. The van der Waals surface area contributed by atoms with Gasteiger partial charge in [-0.2, -0.15) is 0 Å². The van der Waals surface area contributed by atoms with Gasteiger partial charge in [0, 0.05) is 48.1 Å². The van der Waals surface area contributed by atoms with Crippen LogP contribution in [0.25, 0.3) is 10.9 Å². The van der Waals surface area contributed by atoms with Gasteiger partial charge in [-0.1, -0.05) is 18.2 Å². The number of rotatable bonds is 6. The van der Waals surface area contributed by atoms with Crippen LogP contribution in [0.3, 0.4) is 0 Å². The summed E-state index contributed by atoms with van der Waals surface area (Å²) in [5, 5.41) is 13.7. The van der Waals surface area contributed by atoms with Crippen LogP contribution < -0.4 is 16.2 Å². The second-order valence-corrected chi connectivity index (χ2v) is 8.36. The normalized spacial score (nSPS) is 20.7. The summed E-state index contributed by atoms with van der Waals surface area (Å²) in [5.41, 5.74) is 0.756. The van der Waals surface area contributed by atoms with E-state index in [1.807, 2.05) is 25.2 Å². The van der Waals surface area contributed by atoms with Gasteiger partial charge in [0.05, 0.1) is 5.56 Å². The fourth-order valence-electron chi connectivity index (χ4n) is 4.33. The molecule has 0 spiro atoms. The Kier molecular flexibility index (Phi) is 7.99. The van der Waals surface area contributed by atoms with E-state index in [0.717, 1.165) is 31.1 Å². The molecule has 4 rings (SSSR count). The zero-order valence-electron chi connectivity index (χ0n) is 18.2. The lowest BCUT2D eigenvalue weighted by Gasteiger charge is -2.29. The second kappa shape index (κ2) is 10.9. The molecule has 2 aliphatic rings. The van der Waals surface area contributed by atoms with Crippen LogP contribution in [0.1, 0.15) is 48.9 Å². The van der Waals surface area contributed by atoms with Crippen LogP contribution in [-0.4, -0.2) is 65.0 Å². The first-order chi connectivity index (χ1) is 15.4. The molecule has 4 N–H and O–H groups in total.